The van der Waals surface area contributed by atoms with Crippen LogP contribution in [-0.2, 0) is 6.42 Å². The topological polar surface area (TPSA) is 29.3 Å². The zero-order chi connectivity index (χ0) is 14.4. The first-order chi connectivity index (χ1) is 9.61. The molecular formula is C18H30N2. The smallest absolute Gasteiger partial charge is 0.0221 e. The van der Waals surface area contributed by atoms with E-state index < -0.39 is 0 Å². The third-order valence-corrected chi connectivity index (χ3v) is 4.77. The van der Waals surface area contributed by atoms with Gasteiger partial charge in [0.05, 0.1) is 0 Å². The standard InChI is InChI=1S/C18H30N2/c1-18(2)11-6-13-20(14-12-18)17(15-19)10-9-16-7-4-3-5-8-16/h3-5,7-8,17H,6,9-15,19H2,1-2H3. The predicted octanol–water partition coefficient (Wildman–Crippen LogP) is 3.46. The summed E-state index contributed by atoms with van der Waals surface area (Å²) in [6.07, 6.45) is 6.28. The molecule has 0 saturated carbocycles. The summed E-state index contributed by atoms with van der Waals surface area (Å²) in [5, 5.41) is 0. The summed E-state index contributed by atoms with van der Waals surface area (Å²) in [5.74, 6) is 0. The van der Waals surface area contributed by atoms with Crippen LogP contribution in [-0.4, -0.2) is 30.6 Å². The van der Waals surface area contributed by atoms with E-state index in [1.807, 2.05) is 0 Å². The highest BCUT2D eigenvalue weighted by Crippen LogP contribution is 2.30. The molecule has 0 spiro atoms. The number of hydrogen-bond acceptors (Lipinski definition) is 2. The highest BCUT2D eigenvalue weighted by molar-refractivity contribution is 5.14. The summed E-state index contributed by atoms with van der Waals surface area (Å²) >= 11 is 0. The fourth-order valence-corrected chi connectivity index (χ4v) is 3.24. The lowest BCUT2D eigenvalue weighted by Crippen LogP contribution is -2.41. The fraction of sp³-hybridized carbons (Fsp3) is 0.667. The molecule has 1 aliphatic heterocycles. The molecule has 1 heterocycles. The van der Waals surface area contributed by atoms with Gasteiger partial charge in [-0.15, -0.1) is 0 Å². The summed E-state index contributed by atoms with van der Waals surface area (Å²) in [4.78, 5) is 2.64. The molecule has 20 heavy (non-hydrogen) atoms. The molecule has 1 aliphatic rings. The van der Waals surface area contributed by atoms with E-state index in [1.54, 1.807) is 0 Å². The van der Waals surface area contributed by atoms with Gasteiger partial charge in [-0.25, -0.2) is 0 Å². The monoisotopic (exact) mass is 274 g/mol. The highest BCUT2D eigenvalue weighted by Gasteiger charge is 2.26. The van der Waals surface area contributed by atoms with Crippen LogP contribution in [0.5, 0.6) is 0 Å². The van der Waals surface area contributed by atoms with Crippen LogP contribution in [0.1, 0.15) is 45.1 Å². The number of rotatable bonds is 5. The van der Waals surface area contributed by atoms with Gasteiger partial charge >= 0.3 is 0 Å². The van der Waals surface area contributed by atoms with Crippen LogP contribution in [0.15, 0.2) is 30.3 Å². The number of benzene rings is 1. The minimum Gasteiger partial charge on any atom is -0.329 e. The Morgan fingerprint density at radius 2 is 1.90 bits per heavy atom. The summed E-state index contributed by atoms with van der Waals surface area (Å²) in [6, 6.07) is 11.3. The maximum Gasteiger partial charge on any atom is 0.0221 e. The van der Waals surface area contributed by atoms with Crippen molar-refractivity contribution in [3.8, 4) is 0 Å². The van der Waals surface area contributed by atoms with Crippen LogP contribution in [0, 0.1) is 5.41 Å². The number of nitrogens with zero attached hydrogens (tertiary/aromatic N) is 1. The molecule has 1 atom stereocenters. The molecule has 2 N–H and O–H groups in total. The number of aryl methyl sites for hydroxylation is 1. The van der Waals surface area contributed by atoms with Crippen LogP contribution in [0.25, 0.3) is 0 Å². The average molecular weight is 274 g/mol. The van der Waals surface area contributed by atoms with Crippen molar-refractivity contribution in [2.45, 2.75) is 52.0 Å². The van der Waals surface area contributed by atoms with Crippen LogP contribution >= 0.6 is 0 Å². The van der Waals surface area contributed by atoms with E-state index in [1.165, 1.54) is 44.3 Å². The van der Waals surface area contributed by atoms with Gasteiger partial charge in [-0.2, -0.15) is 0 Å². The van der Waals surface area contributed by atoms with Gasteiger partial charge < -0.3 is 5.73 Å². The number of nitrogens with two attached hydrogens (primary N) is 1. The molecule has 0 aliphatic carbocycles. The van der Waals surface area contributed by atoms with Crippen LogP contribution in [0.4, 0.5) is 0 Å². The average Bonchev–Trinajstić information content (AvgIpc) is 2.62. The van der Waals surface area contributed by atoms with E-state index in [0.29, 0.717) is 11.5 Å². The Morgan fingerprint density at radius 1 is 1.15 bits per heavy atom. The Morgan fingerprint density at radius 3 is 2.60 bits per heavy atom. The van der Waals surface area contributed by atoms with Crippen molar-refractivity contribution in [3.63, 3.8) is 0 Å². The van der Waals surface area contributed by atoms with Crippen LogP contribution in [0.2, 0.25) is 0 Å². The van der Waals surface area contributed by atoms with Gasteiger partial charge in [0.25, 0.3) is 0 Å². The Bertz CT molecular complexity index is 386. The molecule has 1 unspecified atom stereocenters. The number of hydrogen-bond donors (Lipinski definition) is 1. The van der Waals surface area contributed by atoms with Crippen molar-refractivity contribution >= 4 is 0 Å². The molecule has 1 aromatic carbocycles. The second kappa shape index (κ2) is 7.24. The molecule has 1 fully saturated rings. The highest BCUT2D eigenvalue weighted by atomic mass is 15.2. The molecule has 0 aromatic heterocycles. The van der Waals surface area contributed by atoms with E-state index in [0.717, 1.165) is 13.0 Å². The lowest BCUT2D eigenvalue weighted by Gasteiger charge is -2.30. The van der Waals surface area contributed by atoms with Gasteiger partial charge in [-0.05, 0) is 56.2 Å². The maximum atomic E-state index is 6.04. The summed E-state index contributed by atoms with van der Waals surface area (Å²) in [6.45, 7) is 8.02. The molecule has 2 nitrogen and oxygen atoms in total. The Balaban J connectivity index is 1.88. The molecule has 0 bridgehead atoms. The zero-order valence-electron chi connectivity index (χ0n) is 13.1. The molecule has 112 valence electrons. The van der Waals surface area contributed by atoms with Crippen molar-refractivity contribution in [3.05, 3.63) is 35.9 Å². The first-order valence-corrected chi connectivity index (χ1v) is 8.09. The van der Waals surface area contributed by atoms with Crippen LogP contribution < -0.4 is 5.73 Å². The third kappa shape index (κ3) is 4.60. The largest absolute Gasteiger partial charge is 0.329 e. The normalized spacial score (nSPS) is 21.4. The Labute approximate surface area is 124 Å². The third-order valence-electron chi connectivity index (χ3n) is 4.77. The van der Waals surface area contributed by atoms with E-state index in [9.17, 15) is 0 Å². The zero-order valence-corrected chi connectivity index (χ0v) is 13.1. The Kier molecular flexibility index (Phi) is 5.62. The van der Waals surface area contributed by atoms with Crippen molar-refractivity contribution in [2.75, 3.05) is 19.6 Å². The molecule has 2 rings (SSSR count). The predicted molar refractivity (Wildman–Crippen MR) is 86.8 cm³/mol. The first kappa shape index (κ1) is 15.5. The SMILES string of the molecule is CC1(C)CCCN(C(CN)CCc2ccccc2)CC1. The van der Waals surface area contributed by atoms with Gasteiger partial charge in [-0.1, -0.05) is 44.2 Å². The van der Waals surface area contributed by atoms with E-state index >= 15 is 0 Å². The van der Waals surface area contributed by atoms with E-state index in [4.69, 9.17) is 5.73 Å². The van der Waals surface area contributed by atoms with Gasteiger partial charge in [0.2, 0.25) is 0 Å². The lowest BCUT2D eigenvalue weighted by atomic mass is 9.85. The molecule has 0 radical (unpaired) electrons. The summed E-state index contributed by atoms with van der Waals surface area (Å²) < 4.78 is 0. The van der Waals surface area contributed by atoms with Gasteiger partial charge in [-0.3, -0.25) is 4.90 Å². The molecule has 0 amide bonds. The minimum atomic E-state index is 0.507. The molecule has 1 saturated heterocycles. The van der Waals surface area contributed by atoms with Crippen molar-refractivity contribution in [1.82, 2.24) is 4.90 Å². The van der Waals surface area contributed by atoms with Gasteiger partial charge in [0.15, 0.2) is 0 Å². The van der Waals surface area contributed by atoms with Crippen LogP contribution in [0.3, 0.4) is 0 Å². The van der Waals surface area contributed by atoms with E-state index in [-0.39, 0.29) is 0 Å². The van der Waals surface area contributed by atoms with Gasteiger partial charge in [0.1, 0.15) is 0 Å². The minimum absolute atomic E-state index is 0.507. The summed E-state index contributed by atoms with van der Waals surface area (Å²) in [5.41, 5.74) is 7.98. The first-order valence-electron chi connectivity index (χ1n) is 8.09. The second-order valence-electron chi connectivity index (χ2n) is 6.97. The van der Waals surface area contributed by atoms with E-state index in [2.05, 4.69) is 49.1 Å². The molecular weight excluding hydrogens is 244 g/mol. The lowest BCUT2D eigenvalue weighted by molar-refractivity contribution is 0.190. The number of likely N-dealkylation sites (tertiary alicyclic amines) is 1. The molecule has 2 heteroatoms. The van der Waals surface area contributed by atoms with Crippen molar-refractivity contribution < 1.29 is 0 Å². The Hall–Kier alpha value is -0.860. The molecule has 1 aromatic rings. The van der Waals surface area contributed by atoms with Crippen molar-refractivity contribution in [2.24, 2.45) is 11.1 Å². The fourth-order valence-electron chi connectivity index (χ4n) is 3.24. The van der Waals surface area contributed by atoms with Crippen molar-refractivity contribution in [1.29, 1.82) is 0 Å². The van der Waals surface area contributed by atoms with Gasteiger partial charge in [0, 0.05) is 12.6 Å². The maximum absolute atomic E-state index is 6.04. The quantitative estimate of drug-likeness (QED) is 0.891. The summed E-state index contributed by atoms with van der Waals surface area (Å²) in [7, 11) is 0. The second-order valence-corrected chi connectivity index (χ2v) is 6.97.